The molecule has 0 fully saturated rings. The number of nitrogens with zero attached hydrogens (tertiary/aromatic N) is 1. The molecule has 3 N–H and O–H groups in total. The molecule has 0 aliphatic carbocycles. The molecular weight excluding hydrogens is 363 g/mol. The van der Waals surface area contributed by atoms with Gasteiger partial charge in [-0.05, 0) is 44.4 Å². The van der Waals surface area contributed by atoms with Crippen LogP contribution in [0.2, 0.25) is 0 Å². The Morgan fingerprint density at radius 3 is 2.62 bits per heavy atom. The molecule has 142 valence electrons. The summed E-state index contributed by atoms with van der Waals surface area (Å²) >= 11 is 0. The van der Waals surface area contributed by atoms with Gasteiger partial charge in [0, 0.05) is 6.54 Å². The summed E-state index contributed by atoms with van der Waals surface area (Å²) in [5.74, 6) is -0.00442. The van der Waals surface area contributed by atoms with Gasteiger partial charge in [-0.3, -0.25) is 9.62 Å². The number of halogens is 1. The first-order valence-electron chi connectivity index (χ1n) is 7.68. The van der Waals surface area contributed by atoms with Gasteiger partial charge in [-0.1, -0.05) is 0 Å². The van der Waals surface area contributed by atoms with Crippen molar-refractivity contribution in [3.8, 4) is 0 Å². The van der Waals surface area contributed by atoms with Crippen LogP contribution in [-0.2, 0) is 10.0 Å². The van der Waals surface area contributed by atoms with E-state index >= 15 is 0 Å². The Morgan fingerprint density at radius 2 is 2.04 bits per heavy atom. The number of urea groups is 1. The number of amides is 2. The number of hydrogen-bond donors (Lipinski definition) is 3. The molecule has 26 heavy (non-hydrogen) atoms. The number of benzene rings is 1. The minimum absolute atomic E-state index is 0.143. The molecule has 1 atom stereocenters. The van der Waals surface area contributed by atoms with Crippen LogP contribution in [0.1, 0.15) is 11.8 Å². The summed E-state index contributed by atoms with van der Waals surface area (Å²) in [6, 6.07) is 6.25. The highest BCUT2D eigenvalue weighted by molar-refractivity contribution is 7.92. The van der Waals surface area contributed by atoms with E-state index in [0.29, 0.717) is 5.76 Å². The van der Waals surface area contributed by atoms with E-state index < -0.39 is 21.9 Å². The highest BCUT2D eigenvalue weighted by atomic mass is 32.2. The summed E-state index contributed by atoms with van der Waals surface area (Å²) in [4.78, 5) is 14.0. The third-order valence-corrected chi connectivity index (χ3v) is 4.08. The predicted octanol–water partition coefficient (Wildman–Crippen LogP) is 2.21. The first-order valence-corrected chi connectivity index (χ1v) is 9.57. The number of anilines is 2. The van der Waals surface area contributed by atoms with Crippen LogP contribution >= 0.6 is 0 Å². The summed E-state index contributed by atoms with van der Waals surface area (Å²) in [7, 11) is 0.172. The lowest BCUT2D eigenvalue weighted by molar-refractivity contribution is 0.233. The maximum Gasteiger partial charge on any atom is 0.319 e. The molecule has 0 aliphatic heterocycles. The molecule has 1 aromatic heterocycles. The van der Waals surface area contributed by atoms with E-state index in [1.807, 2.05) is 19.0 Å². The standard InChI is InChI=1S/C16H21FN4O4S/c1-21(2)14(15-5-4-8-25-15)10-18-16(22)19-13-9-11(6-7-12(13)17)20-26(3,23)24/h4-9,14,20H,10H2,1-3H3,(H2,18,19,22). The van der Waals surface area contributed by atoms with Crippen molar-refractivity contribution in [3.63, 3.8) is 0 Å². The number of sulfonamides is 1. The minimum atomic E-state index is -3.51. The van der Waals surface area contributed by atoms with Crippen molar-refractivity contribution < 1.29 is 22.0 Å². The van der Waals surface area contributed by atoms with Crippen molar-refractivity contribution >= 4 is 27.4 Å². The zero-order valence-corrected chi connectivity index (χ0v) is 15.4. The average molecular weight is 384 g/mol. The molecule has 8 nitrogen and oxygen atoms in total. The molecule has 2 amide bonds. The van der Waals surface area contributed by atoms with E-state index in [0.717, 1.165) is 12.3 Å². The van der Waals surface area contributed by atoms with Gasteiger partial charge in [0.1, 0.15) is 11.6 Å². The van der Waals surface area contributed by atoms with E-state index in [4.69, 9.17) is 4.42 Å². The quantitative estimate of drug-likeness (QED) is 0.679. The number of hydrogen-bond acceptors (Lipinski definition) is 5. The molecule has 0 bridgehead atoms. The van der Waals surface area contributed by atoms with Gasteiger partial charge in [0.05, 0.1) is 29.9 Å². The molecule has 1 aromatic carbocycles. The van der Waals surface area contributed by atoms with Crippen molar-refractivity contribution in [1.82, 2.24) is 10.2 Å². The SMILES string of the molecule is CN(C)C(CNC(=O)Nc1cc(NS(C)(=O)=O)ccc1F)c1ccco1. The van der Waals surface area contributed by atoms with Crippen molar-refractivity contribution in [2.45, 2.75) is 6.04 Å². The summed E-state index contributed by atoms with van der Waals surface area (Å²) < 4.78 is 44.0. The van der Waals surface area contributed by atoms with Crippen LogP contribution in [0.25, 0.3) is 0 Å². The molecule has 0 aliphatic rings. The zero-order chi connectivity index (χ0) is 19.3. The Morgan fingerprint density at radius 1 is 1.31 bits per heavy atom. The van der Waals surface area contributed by atoms with E-state index in [9.17, 15) is 17.6 Å². The molecule has 2 aromatic rings. The number of nitrogens with one attached hydrogen (secondary N) is 3. The number of carbonyl (C=O) groups excluding carboxylic acids is 1. The van der Waals surface area contributed by atoms with Gasteiger partial charge in [0.2, 0.25) is 10.0 Å². The highest BCUT2D eigenvalue weighted by Gasteiger charge is 2.18. The van der Waals surface area contributed by atoms with Crippen molar-refractivity contribution in [2.75, 3.05) is 36.9 Å². The first kappa shape index (κ1) is 19.7. The third kappa shape index (κ3) is 5.74. The van der Waals surface area contributed by atoms with Crippen molar-refractivity contribution in [1.29, 1.82) is 0 Å². The fourth-order valence-electron chi connectivity index (χ4n) is 2.27. The minimum Gasteiger partial charge on any atom is -0.468 e. The summed E-state index contributed by atoms with van der Waals surface area (Å²) in [6.45, 7) is 0.231. The molecule has 0 saturated carbocycles. The van der Waals surface area contributed by atoms with Crippen LogP contribution in [0, 0.1) is 5.82 Å². The normalized spacial score (nSPS) is 12.7. The van der Waals surface area contributed by atoms with Crippen LogP contribution in [-0.4, -0.2) is 46.2 Å². The molecule has 2 rings (SSSR count). The van der Waals surface area contributed by atoms with E-state index in [1.165, 1.54) is 12.1 Å². The smallest absolute Gasteiger partial charge is 0.319 e. The summed E-state index contributed by atoms with van der Waals surface area (Å²) in [6.07, 6.45) is 2.52. The molecule has 0 spiro atoms. The Labute approximate surface area is 151 Å². The molecular formula is C16H21FN4O4S. The molecule has 1 heterocycles. The molecule has 1 unspecified atom stereocenters. The maximum absolute atomic E-state index is 13.9. The second-order valence-corrected chi connectivity index (χ2v) is 7.65. The van der Waals surface area contributed by atoms with Gasteiger partial charge in [-0.25, -0.2) is 17.6 Å². The number of furan rings is 1. The second kappa shape index (κ2) is 8.19. The number of rotatable bonds is 7. The van der Waals surface area contributed by atoms with Crippen LogP contribution < -0.4 is 15.4 Å². The fraction of sp³-hybridized carbons (Fsp3) is 0.312. The van der Waals surface area contributed by atoms with Gasteiger partial charge in [-0.15, -0.1) is 0 Å². The third-order valence-electron chi connectivity index (χ3n) is 3.47. The summed E-state index contributed by atoms with van der Waals surface area (Å²) in [5, 5.41) is 5.01. The number of likely N-dealkylation sites (N-methyl/N-ethyl adjacent to an activating group) is 1. The Hall–Kier alpha value is -2.59. The monoisotopic (exact) mass is 384 g/mol. The topological polar surface area (TPSA) is 104 Å². The van der Waals surface area contributed by atoms with E-state index in [2.05, 4.69) is 15.4 Å². The largest absolute Gasteiger partial charge is 0.468 e. The van der Waals surface area contributed by atoms with E-state index in [1.54, 1.807) is 18.4 Å². The fourth-order valence-corrected chi connectivity index (χ4v) is 2.83. The van der Waals surface area contributed by atoms with E-state index in [-0.39, 0.29) is 24.0 Å². The van der Waals surface area contributed by atoms with Crippen LogP contribution in [0.5, 0.6) is 0 Å². The Balaban J connectivity index is 2.02. The lowest BCUT2D eigenvalue weighted by Gasteiger charge is -2.22. The second-order valence-electron chi connectivity index (χ2n) is 5.90. The lowest BCUT2D eigenvalue weighted by atomic mass is 10.2. The zero-order valence-electron chi connectivity index (χ0n) is 14.6. The molecule has 0 radical (unpaired) electrons. The molecule has 10 heteroatoms. The summed E-state index contributed by atoms with van der Waals surface area (Å²) in [5.41, 5.74) is 0.00139. The van der Waals surface area contributed by atoms with Crippen molar-refractivity contribution in [3.05, 3.63) is 48.2 Å². The average Bonchev–Trinajstić information content (AvgIpc) is 3.03. The van der Waals surface area contributed by atoms with Crippen molar-refractivity contribution in [2.24, 2.45) is 0 Å². The maximum atomic E-state index is 13.9. The lowest BCUT2D eigenvalue weighted by Crippen LogP contribution is -2.36. The highest BCUT2D eigenvalue weighted by Crippen LogP contribution is 2.21. The van der Waals surface area contributed by atoms with Crippen LogP contribution in [0.4, 0.5) is 20.6 Å². The van der Waals surface area contributed by atoms with Gasteiger partial charge in [0.25, 0.3) is 0 Å². The molecule has 0 saturated heterocycles. The Kier molecular flexibility index (Phi) is 6.22. The van der Waals surface area contributed by atoms with Gasteiger partial charge < -0.3 is 15.1 Å². The first-order chi connectivity index (χ1) is 12.2. The van der Waals surface area contributed by atoms with Gasteiger partial charge in [0.15, 0.2) is 0 Å². The van der Waals surface area contributed by atoms with Gasteiger partial charge >= 0.3 is 6.03 Å². The van der Waals surface area contributed by atoms with Gasteiger partial charge in [-0.2, -0.15) is 0 Å². The van der Waals surface area contributed by atoms with Crippen LogP contribution in [0.15, 0.2) is 41.0 Å². The predicted molar refractivity (Wildman–Crippen MR) is 97.0 cm³/mol. The Bertz CT molecular complexity index is 853. The number of carbonyl (C=O) groups is 1. The van der Waals surface area contributed by atoms with Crippen LogP contribution in [0.3, 0.4) is 0 Å².